The number of aliphatic hydroxyl groups is 1. The minimum atomic E-state index is -0.0526. The van der Waals surface area contributed by atoms with E-state index >= 15 is 0 Å². The average Bonchev–Trinajstić information content (AvgIpc) is 2.99. The number of hydrogen-bond donors (Lipinski definition) is 1. The number of para-hydroxylation sites is 1. The molecule has 5 nitrogen and oxygen atoms in total. The van der Waals surface area contributed by atoms with Crippen LogP contribution >= 0.6 is 0 Å². The Morgan fingerprint density at radius 1 is 1.48 bits per heavy atom. The second kappa shape index (κ2) is 7.65. The van der Waals surface area contributed by atoms with Crippen molar-refractivity contribution in [3.63, 3.8) is 0 Å². The molecule has 1 aromatic rings. The monoisotopic (exact) mass is 288 g/mol. The molecule has 1 N–H and O–H groups in total. The van der Waals surface area contributed by atoms with E-state index in [1.54, 1.807) is 24.3 Å². The van der Waals surface area contributed by atoms with Gasteiger partial charge in [-0.1, -0.05) is 12.1 Å². The molecule has 1 aliphatic heterocycles. The molecular weight excluding hydrogens is 268 g/mol. The number of hydrogen-bond acceptors (Lipinski definition) is 4. The Hall–Kier alpha value is -2.06. The van der Waals surface area contributed by atoms with Crippen molar-refractivity contribution in [2.75, 3.05) is 19.8 Å². The molecule has 0 spiro atoms. The summed E-state index contributed by atoms with van der Waals surface area (Å²) in [7, 11) is 0. The molecule has 0 saturated carbocycles. The van der Waals surface area contributed by atoms with Crippen LogP contribution in [0.25, 0.3) is 0 Å². The van der Waals surface area contributed by atoms with E-state index in [0.29, 0.717) is 17.7 Å². The standard InChI is InChI=1S/C16H20N2O3/c17-11-13-5-1-2-8-15(13)21-12-16(20)18-9-3-6-14(18)7-4-10-19/h1-2,5,8,14,19H,3-4,6-7,9-10,12H2. The molecule has 1 heterocycles. The highest BCUT2D eigenvalue weighted by atomic mass is 16.5. The molecule has 1 amide bonds. The minimum absolute atomic E-state index is 0.0473. The Balaban J connectivity index is 1.91. The molecule has 1 unspecified atom stereocenters. The summed E-state index contributed by atoms with van der Waals surface area (Å²) < 4.78 is 5.49. The van der Waals surface area contributed by atoms with Gasteiger partial charge in [-0.05, 0) is 37.8 Å². The first-order chi connectivity index (χ1) is 10.3. The van der Waals surface area contributed by atoms with Crippen LogP contribution in [0.3, 0.4) is 0 Å². The van der Waals surface area contributed by atoms with Gasteiger partial charge in [0.15, 0.2) is 6.61 Å². The third kappa shape index (κ3) is 3.96. The number of nitrogens with zero attached hydrogens (tertiary/aromatic N) is 2. The van der Waals surface area contributed by atoms with E-state index < -0.39 is 0 Å². The van der Waals surface area contributed by atoms with Crippen LogP contribution in [0.15, 0.2) is 24.3 Å². The molecule has 1 saturated heterocycles. The predicted molar refractivity (Wildman–Crippen MR) is 77.7 cm³/mol. The summed E-state index contributed by atoms with van der Waals surface area (Å²) >= 11 is 0. The number of likely N-dealkylation sites (tertiary alicyclic amines) is 1. The number of carbonyl (C=O) groups excluding carboxylic acids is 1. The fraction of sp³-hybridized carbons (Fsp3) is 0.500. The van der Waals surface area contributed by atoms with Gasteiger partial charge in [-0.25, -0.2) is 0 Å². The Kier molecular flexibility index (Phi) is 5.59. The first-order valence-electron chi connectivity index (χ1n) is 7.28. The van der Waals surface area contributed by atoms with Gasteiger partial charge in [-0.3, -0.25) is 4.79 Å². The summed E-state index contributed by atoms with van der Waals surface area (Å²) in [4.78, 5) is 14.1. The smallest absolute Gasteiger partial charge is 0.260 e. The van der Waals surface area contributed by atoms with Gasteiger partial charge < -0.3 is 14.7 Å². The number of aliphatic hydroxyl groups excluding tert-OH is 1. The molecular formula is C16H20N2O3. The highest BCUT2D eigenvalue weighted by Gasteiger charge is 2.28. The van der Waals surface area contributed by atoms with E-state index in [1.807, 2.05) is 11.0 Å². The molecule has 0 aliphatic carbocycles. The van der Waals surface area contributed by atoms with Gasteiger partial charge in [0.1, 0.15) is 11.8 Å². The Morgan fingerprint density at radius 2 is 2.29 bits per heavy atom. The summed E-state index contributed by atoms with van der Waals surface area (Å²) in [5.74, 6) is 0.391. The van der Waals surface area contributed by atoms with Gasteiger partial charge in [0.25, 0.3) is 5.91 Å². The molecule has 1 aliphatic rings. The van der Waals surface area contributed by atoms with Gasteiger partial charge in [0, 0.05) is 19.2 Å². The van der Waals surface area contributed by atoms with Crippen molar-refractivity contribution >= 4 is 5.91 Å². The summed E-state index contributed by atoms with van der Waals surface area (Å²) in [5, 5.41) is 17.9. The Bertz CT molecular complexity index is 524. The van der Waals surface area contributed by atoms with Gasteiger partial charge in [-0.15, -0.1) is 0 Å². The lowest BCUT2D eigenvalue weighted by atomic mass is 10.1. The Labute approximate surface area is 124 Å². The van der Waals surface area contributed by atoms with Crippen molar-refractivity contribution in [2.45, 2.75) is 31.7 Å². The fourth-order valence-electron chi connectivity index (χ4n) is 2.70. The van der Waals surface area contributed by atoms with Crippen LogP contribution in [-0.4, -0.2) is 41.7 Å². The summed E-state index contributed by atoms with van der Waals surface area (Å²) in [6, 6.07) is 9.16. The normalized spacial score (nSPS) is 17.5. The van der Waals surface area contributed by atoms with Crippen molar-refractivity contribution in [1.29, 1.82) is 5.26 Å². The van der Waals surface area contributed by atoms with E-state index in [2.05, 4.69) is 0 Å². The van der Waals surface area contributed by atoms with Crippen molar-refractivity contribution in [2.24, 2.45) is 0 Å². The average molecular weight is 288 g/mol. The molecule has 112 valence electrons. The van der Waals surface area contributed by atoms with Crippen molar-refractivity contribution in [3.8, 4) is 11.8 Å². The maximum absolute atomic E-state index is 12.2. The van der Waals surface area contributed by atoms with E-state index in [9.17, 15) is 4.79 Å². The van der Waals surface area contributed by atoms with Crippen LogP contribution < -0.4 is 4.74 Å². The van der Waals surface area contributed by atoms with E-state index in [1.165, 1.54) is 0 Å². The van der Waals surface area contributed by atoms with E-state index in [-0.39, 0.29) is 25.2 Å². The third-order valence-electron chi connectivity index (χ3n) is 3.75. The number of carbonyl (C=O) groups is 1. The van der Waals surface area contributed by atoms with Crippen molar-refractivity contribution < 1.29 is 14.6 Å². The van der Waals surface area contributed by atoms with Gasteiger partial charge in [0.05, 0.1) is 5.56 Å². The quantitative estimate of drug-likeness (QED) is 0.864. The summed E-state index contributed by atoms with van der Waals surface area (Å²) in [6.07, 6.45) is 3.53. The minimum Gasteiger partial charge on any atom is -0.482 e. The molecule has 1 fully saturated rings. The zero-order valence-electron chi connectivity index (χ0n) is 12.0. The SMILES string of the molecule is N#Cc1ccccc1OCC(=O)N1CCCC1CCCO. The van der Waals surface area contributed by atoms with Crippen molar-refractivity contribution in [3.05, 3.63) is 29.8 Å². The Morgan fingerprint density at radius 3 is 3.05 bits per heavy atom. The molecule has 1 atom stereocenters. The lowest BCUT2D eigenvalue weighted by Gasteiger charge is -2.24. The van der Waals surface area contributed by atoms with Crippen LogP contribution in [0.2, 0.25) is 0 Å². The molecule has 2 rings (SSSR count). The number of benzene rings is 1. The first-order valence-corrected chi connectivity index (χ1v) is 7.28. The summed E-state index contributed by atoms with van der Waals surface area (Å²) in [5.41, 5.74) is 0.434. The molecule has 5 heteroatoms. The number of nitriles is 1. The topological polar surface area (TPSA) is 73.6 Å². The molecule has 0 radical (unpaired) electrons. The largest absolute Gasteiger partial charge is 0.482 e. The number of rotatable bonds is 6. The molecule has 21 heavy (non-hydrogen) atoms. The van der Waals surface area contributed by atoms with Gasteiger partial charge >= 0.3 is 0 Å². The van der Waals surface area contributed by atoms with Crippen molar-refractivity contribution in [1.82, 2.24) is 4.90 Å². The molecule has 0 bridgehead atoms. The van der Waals surface area contributed by atoms with Crippen LogP contribution in [0.1, 0.15) is 31.2 Å². The number of amides is 1. The highest BCUT2D eigenvalue weighted by Crippen LogP contribution is 2.22. The van der Waals surface area contributed by atoms with E-state index in [4.69, 9.17) is 15.1 Å². The zero-order chi connectivity index (χ0) is 15.1. The lowest BCUT2D eigenvalue weighted by Crippen LogP contribution is -2.38. The highest BCUT2D eigenvalue weighted by molar-refractivity contribution is 5.78. The lowest BCUT2D eigenvalue weighted by molar-refractivity contribution is -0.134. The van der Waals surface area contributed by atoms with Crippen LogP contribution in [0.5, 0.6) is 5.75 Å². The summed E-state index contributed by atoms with van der Waals surface area (Å²) in [6.45, 7) is 0.858. The maximum atomic E-state index is 12.2. The second-order valence-electron chi connectivity index (χ2n) is 5.15. The van der Waals surface area contributed by atoms with Crippen LogP contribution in [0, 0.1) is 11.3 Å². The van der Waals surface area contributed by atoms with Crippen LogP contribution in [0.4, 0.5) is 0 Å². The first kappa shape index (κ1) is 15.3. The number of ether oxygens (including phenoxy) is 1. The third-order valence-corrected chi connectivity index (χ3v) is 3.75. The van der Waals surface area contributed by atoms with Gasteiger partial charge in [0.2, 0.25) is 0 Å². The van der Waals surface area contributed by atoms with Gasteiger partial charge in [-0.2, -0.15) is 5.26 Å². The second-order valence-corrected chi connectivity index (χ2v) is 5.15. The molecule has 0 aromatic heterocycles. The molecule has 1 aromatic carbocycles. The fourth-order valence-corrected chi connectivity index (χ4v) is 2.70. The predicted octanol–water partition coefficient (Wildman–Crippen LogP) is 1.70. The zero-order valence-corrected chi connectivity index (χ0v) is 12.0. The van der Waals surface area contributed by atoms with Crippen LogP contribution in [-0.2, 0) is 4.79 Å². The maximum Gasteiger partial charge on any atom is 0.260 e. The van der Waals surface area contributed by atoms with E-state index in [0.717, 1.165) is 25.8 Å².